The molecule has 164 valence electrons. The Balaban J connectivity index is 1.45. The summed E-state index contributed by atoms with van der Waals surface area (Å²) in [5.74, 6) is 0.871. The van der Waals surface area contributed by atoms with Crippen molar-refractivity contribution in [3.8, 4) is 5.69 Å². The third kappa shape index (κ3) is 4.67. The van der Waals surface area contributed by atoms with Crippen molar-refractivity contribution in [2.75, 3.05) is 51.8 Å². The van der Waals surface area contributed by atoms with Gasteiger partial charge in [-0.2, -0.15) is 0 Å². The van der Waals surface area contributed by atoms with Crippen LogP contribution in [-0.4, -0.2) is 78.4 Å². The number of hydrogen-bond acceptors (Lipinski definition) is 5. The maximum Gasteiger partial charge on any atom is 0.211 e. The summed E-state index contributed by atoms with van der Waals surface area (Å²) >= 11 is 6.86. The minimum atomic E-state index is 0.353. The predicted octanol–water partition coefficient (Wildman–Crippen LogP) is 3.59. The van der Waals surface area contributed by atoms with Gasteiger partial charge in [0.25, 0.3) is 0 Å². The van der Waals surface area contributed by atoms with E-state index in [1.54, 1.807) is 0 Å². The van der Waals surface area contributed by atoms with E-state index >= 15 is 0 Å². The number of anilines is 1. The second-order valence-electron chi connectivity index (χ2n) is 8.90. The number of aromatic nitrogens is 2. The first kappa shape index (κ1) is 21.6. The first-order valence-corrected chi connectivity index (χ1v) is 11.4. The van der Waals surface area contributed by atoms with E-state index in [4.69, 9.17) is 21.3 Å². The fraction of sp³-hybridized carbons (Fsp3) is 0.609. The molecular weight excluding hydrogens is 398 g/mol. The van der Waals surface area contributed by atoms with Gasteiger partial charge in [0.05, 0.1) is 18.4 Å². The highest BCUT2D eigenvalue weighted by molar-refractivity contribution is 6.30. The Morgan fingerprint density at radius 3 is 2.47 bits per heavy atom. The second-order valence-corrected chi connectivity index (χ2v) is 9.26. The summed E-state index contributed by atoms with van der Waals surface area (Å²) in [6.07, 6.45) is 2.75. The standard InChI is InChI=1S/C23H34ClN5O/c1-17-5-7-20(8-6-17)29-22(24)21(25-23(29)26(3)4)16-27-11-9-19(10-12-27)28-13-14-30-18(2)15-28/h5-8,18-19H,9-16H2,1-4H3/t18-/m0/s1. The lowest BCUT2D eigenvalue weighted by atomic mass is 10.0. The first-order chi connectivity index (χ1) is 14.4. The minimum Gasteiger partial charge on any atom is -0.376 e. The molecular formula is C23H34ClN5O. The molecule has 2 saturated heterocycles. The minimum absolute atomic E-state index is 0.353. The zero-order valence-electron chi connectivity index (χ0n) is 18.6. The van der Waals surface area contributed by atoms with E-state index in [1.165, 1.54) is 18.4 Å². The largest absolute Gasteiger partial charge is 0.376 e. The summed E-state index contributed by atoms with van der Waals surface area (Å²) < 4.78 is 7.76. The zero-order valence-corrected chi connectivity index (χ0v) is 19.4. The molecule has 1 atom stereocenters. The van der Waals surface area contributed by atoms with Gasteiger partial charge in [-0.15, -0.1) is 0 Å². The van der Waals surface area contributed by atoms with Crippen LogP contribution in [0.3, 0.4) is 0 Å². The van der Waals surface area contributed by atoms with Gasteiger partial charge in [0.15, 0.2) is 0 Å². The van der Waals surface area contributed by atoms with Gasteiger partial charge in [0.2, 0.25) is 5.95 Å². The van der Waals surface area contributed by atoms with Crippen molar-refractivity contribution in [1.82, 2.24) is 19.4 Å². The lowest BCUT2D eigenvalue weighted by Gasteiger charge is -2.41. The molecule has 6 nitrogen and oxygen atoms in total. The first-order valence-electron chi connectivity index (χ1n) is 11.0. The van der Waals surface area contributed by atoms with Crippen molar-refractivity contribution in [3.63, 3.8) is 0 Å². The molecule has 0 unspecified atom stereocenters. The summed E-state index contributed by atoms with van der Waals surface area (Å²) in [6, 6.07) is 9.11. The number of aryl methyl sites for hydroxylation is 1. The van der Waals surface area contributed by atoms with Gasteiger partial charge in [0, 0.05) is 58.5 Å². The average molecular weight is 432 g/mol. The van der Waals surface area contributed by atoms with Gasteiger partial charge in [0.1, 0.15) is 5.15 Å². The number of benzene rings is 1. The van der Waals surface area contributed by atoms with Crippen LogP contribution in [0, 0.1) is 6.92 Å². The molecule has 2 aliphatic rings. The van der Waals surface area contributed by atoms with Crippen LogP contribution >= 0.6 is 11.6 Å². The van der Waals surface area contributed by atoms with Crippen molar-refractivity contribution < 1.29 is 4.74 Å². The van der Waals surface area contributed by atoms with E-state index in [-0.39, 0.29) is 0 Å². The van der Waals surface area contributed by atoms with E-state index in [1.807, 2.05) is 19.0 Å². The molecule has 3 heterocycles. The lowest BCUT2D eigenvalue weighted by Crippen LogP contribution is -2.50. The van der Waals surface area contributed by atoms with E-state index in [9.17, 15) is 0 Å². The Hall–Kier alpha value is -1.60. The number of likely N-dealkylation sites (tertiary alicyclic amines) is 1. The van der Waals surface area contributed by atoms with Crippen molar-refractivity contribution in [2.24, 2.45) is 0 Å². The van der Waals surface area contributed by atoms with Crippen LogP contribution in [0.1, 0.15) is 31.0 Å². The van der Waals surface area contributed by atoms with Crippen molar-refractivity contribution in [2.45, 2.75) is 45.4 Å². The summed E-state index contributed by atoms with van der Waals surface area (Å²) in [7, 11) is 4.03. The second kappa shape index (κ2) is 9.27. The number of ether oxygens (including phenoxy) is 1. The Labute approximate surface area is 185 Å². The quantitative estimate of drug-likeness (QED) is 0.723. The Morgan fingerprint density at radius 1 is 1.13 bits per heavy atom. The molecule has 2 aliphatic heterocycles. The van der Waals surface area contributed by atoms with Crippen molar-refractivity contribution >= 4 is 17.5 Å². The molecule has 2 fully saturated rings. The molecule has 0 spiro atoms. The van der Waals surface area contributed by atoms with E-state index in [0.717, 1.165) is 56.7 Å². The van der Waals surface area contributed by atoms with Gasteiger partial charge in [-0.3, -0.25) is 14.4 Å². The van der Waals surface area contributed by atoms with E-state index in [2.05, 4.69) is 52.5 Å². The number of hydrogen-bond donors (Lipinski definition) is 0. The third-order valence-corrected chi connectivity index (χ3v) is 6.67. The molecule has 2 aromatic rings. The van der Waals surface area contributed by atoms with Gasteiger partial charge in [-0.05, 0) is 38.8 Å². The molecule has 0 aliphatic carbocycles. The Bertz CT molecular complexity index is 842. The van der Waals surface area contributed by atoms with Crippen LogP contribution < -0.4 is 4.90 Å². The number of nitrogens with zero attached hydrogens (tertiary/aromatic N) is 5. The predicted molar refractivity (Wildman–Crippen MR) is 123 cm³/mol. The normalized spacial score (nSPS) is 21.8. The highest BCUT2D eigenvalue weighted by Gasteiger charge is 2.29. The summed E-state index contributed by atoms with van der Waals surface area (Å²) in [6.45, 7) is 10.2. The number of halogens is 1. The number of imidazole rings is 1. The van der Waals surface area contributed by atoms with Crippen LogP contribution in [0.2, 0.25) is 5.15 Å². The number of morpholine rings is 1. The van der Waals surface area contributed by atoms with Crippen LogP contribution in [0.15, 0.2) is 24.3 Å². The maximum absolute atomic E-state index is 6.86. The molecule has 0 saturated carbocycles. The van der Waals surface area contributed by atoms with E-state index in [0.29, 0.717) is 17.3 Å². The summed E-state index contributed by atoms with van der Waals surface area (Å²) in [5, 5.41) is 0.715. The Kier molecular flexibility index (Phi) is 6.68. The lowest BCUT2D eigenvalue weighted by molar-refractivity contribution is -0.0438. The topological polar surface area (TPSA) is 36.8 Å². The number of rotatable bonds is 5. The van der Waals surface area contributed by atoms with Crippen LogP contribution in [0.5, 0.6) is 0 Å². The highest BCUT2D eigenvalue weighted by atomic mass is 35.5. The van der Waals surface area contributed by atoms with Crippen LogP contribution in [0.4, 0.5) is 5.95 Å². The molecule has 1 aromatic carbocycles. The molecule has 0 amide bonds. The molecule has 4 rings (SSSR count). The Morgan fingerprint density at radius 2 is 1.83 bits per heavy atom. The molecule has 30 heavy (non-hydrogen) atoms. The van der Waals surface area contributed by atoms with Crippen molar-refractivity contribution in [1.29, 1.82) is 0 Å². The maximum atomic E-state index is 6.86. The zero-order chi connectivity index (χ0) is 21.3. The monoisotopic (exact) mass is 431 g/mol. The van der Waals surface area contributed by atoms with Gasteiger partial charge >= 0.3 is 0 Å². The molecule has 0 radical (unpaired) electrons. The van der Waals surface area contributed by atoms with E-state index < -0.39 is 0 Å². The van der Waals surface area contributed by atoms with Crippen LogP contribution in [0.25, 0.3) is 5.69 Å². The third-order valence-electron chi connectivity index (χ3n) is 6.28. The fourth-order valence-electron chi connectivity index (χ4n) is 4.59. The molecule has 0 N–H and O–H groups in total. The smallest absolute Gasteiger partial charge is 0.211 e. The van der Waals surface area contributed by atoms with Gasteiger partial charge in [-0.25, -0.2) is 4.98 Å². The van der Waals surface area contributed by atoms with Gasteiger partial charge in [-0.1, -0.05) is 29.3 Å². The molecule has 1 aromatic heterocycles. The summed E-state index contributed by atoms with van der Waals surface area (Å²) in [4.78, 5) is 12.1. The fourth-order valence-corrected chi connectivity index (χ4v) is 4.86. The highest BCUT2D eigenvalue weighted by Crippen LogP contribution is 2.30. The van der Waals surface area contributed by atoms with Gasteiger partial charge < -0.3 is 9.64 Å². The van der Waals surface area contributed by atoms with Crippen LogP contribution in [-0.2, 0) is 11.3 Å². The number of piperidine rings is 1. The average Bonchev–Trinajstić information content (AvgIpc) is 3.06. The SMILES string of the molecule is Cc1ccc(-n2c(N(C)C)nc(CN3CCC(N4CCO[C@@H](C)C4)CC3)c2Cl)cc1. The summed E-state index contributed by atoms with van der Waals surface area (Å²) in [5.41, 5.74) is 3.24. The molecule has 0 bridgehead atoms. The van der Waals surface area contributed by atoms with Crippen molar-refractivity contribution in [3.05, 3.63) is 40.7 Å². The molecule has 7 heteroatoms.